The number of rotatable bonds is 8. The second kappa shape index (κ2) is 8.13. The molecule has 0 fully saturated rings. The Balaban J connectivity index is 4.70. The van der Waals surface area contributed by atoms with Gasteiger partial charge in [0.05, 0.1) is 12.7 Å². The lowest BCUT2D eigenvalue weighted by molar-refractivity contribution is 0.0996. The van der Waals surface area contributed by atoms with E-state index in [9.17, 15) is 5.11 Å². The minimum Gasteiger partial charge on any atom is -0.413 e. The highest BCUT2D eigenvalue weighted by Crippen LogP contribution is 2.42. The van der Waals surface area contributed by atoms with E-state index >= 15 is 0 Å². The first-order valence-electron chi connectivity index (χ1n) is 7.22. The highest BCUT2D eigenvalue weighted by molar-refractivity contribution is 6.77. The quantitative estimate of drug-likeness (QED) is 0.520. The van der Waals surface area contributed by atoms with Crippen LogP contribution in [0.5, 0.6) is 0 Å². The van der Waals surface area contributed by atoms with E-state index in [1.165, 1.54) is 0 Å². The van der Waals surface area contributed by atoms with Crippen LogP contribution in [0, 0.1) is 0 Å². The van der Waals surface area contributed by atoms with Crippen molar-refractivity contribution in [3.05, 3.63) is 12.2 Å². The van der Waals surface area contributed by atoms with Gasteiger partial charge in [-0.2, -0.15) is 0 Å². The Kier molecular flexibility index (Phi) is 8.07. The van der Waals surface area contributed by atoms with Crippen molar-refractivity contribution in [2.24, 2.45) is 0 Å². The molecule has 0 aromatic heterocycles. The summed E-state index contributed by atoms with van der Waals surface area (Å²) in [6.45, 7) is 16.1. The van der Waals surface area contributed by atoms with E-state index in [1.807, 2.05) is 19.1 Å². The van der Waals surface area contributed by atoms with Crippen LogP contribution in [0.1, 0.15) is 54.9 Å². The summed E-state index contributed by atoms with van der Waals surface area (Å²) < 4.78 is 6.33. The van der Waals surface area contributed by atoms with E-state index in [1.54, 1.807) is 0 Å². The van der Waals surface area contributed by atoms with E-state index in [4.69, 9.17) is 4.43 Å². The van der Waals surface area contributed by atoms with Crippen LogP contribution >= 0.6 is 0 Å². The van der Waals surface area contributed by atoms with Gasteiger partial charge in [-0.15, -0.1) is 0 Å². The summed E-state index contributed by atoms with van der Waals surface area (Å²) >= 11 is 0. The van der Waals surface area contributed by atoms with Gasteiger partial charge in [0.15, 0.2) is 8.32 Å². The molecule has 0 heterocycles. The molecular weight excluding hydrogens is 240 g/mol. The monoisotopic (exact) mass is 272 g/mol. The van der Waals surface area contributed by atoms with Crippen molar-refractivity contribution >= 4 is 8.32 Å². The highest BCUT2D eigenvalue weighted by Gasteiger charge is 2.45. The summed E-state index contributed by atoms with van der Waals surface area (Å²) in [7, 11) is -1.81. The molecule has 0 aliphatic carbocycles. The van der Waals surface area contributed by atoms with Crippen LogP contribution in [-0.2, 0) is 4.43 Å². The molecule has 0 spiro atoms. The molecular formula is C15H32O2Si. The van der Waals surface area contributed by atoms with E-state index in [-0.39, 0.29) is 6.10 Å². The molecule has 0 aromatic carbocycles. The summed E-state index contributed by atoms with van der Waals surface area (Å²) in [5, 5.41) is 9.93. The first kappa shape index (κ1) is 17.9. The van der Waals surface area contributed by atoms with Gasteiger partial charge in [0.1, 0.15) is 0 Å². The molecule has 0 aliphatic rings. The summed E-state index contributed by atoms with van der Waals surface area (Å²) in [4.78, 5) is 0. The minimum atomic E-state index is -1.81. The van der Waals surface area contributed by atoms with Crippen molar-refractivity contribution in [1.29, 1.82) is 0 Å². The van der Waals surface area contributed by atoms with Crippen molar-refractivity contribution in [3.63, 3.8) is 0 Å². The van der Waals surface area contributed by atoms with E-state index < -0.39 is 8.32 Å². The van der Waals surface area contributed by atoms with Crippen molar-refractivity contribution in [3.8, 4) is 0 Å². The van der Waals surface area contributed by atoms with Crippen molar-refractivity contribution in [2.75, 3.05) is 6.61 Å². The van der Waals surface area contributed by atoms with Crippen molar-refractivity contribution in [1.82, 2.24) is 0 Å². The molecule has 0 unspecified atom stereocenters. The molecule has 0 aromatic rings. The molecule has 0 bridgehead atoms. The summed E-state index contributed by atoms with van der Waals surface area (Å²) in [6, 6.07) is 0. The molecule has 0 radical (unpaired) electrons. The van der Waals surface area contributed by atoms with Gasteiger partial charge < -0.3 is 9.53 Å². The number of aliphatic hydroxyl groups is 1. The normalized spacial score (nSPS) is 15.3. The standard InChI is InChI=1S/C15H32O2Si/c1-8-9-10-15(16)11-17-18(12(2)3,13(4)5)14(6)7/h8-9,12-16H,10-11H2,1-7H3/b9-8-/t15-/m1/s1. The average Bonchev–Trinajstić information content (AvgIpc) is 2.25. The third-order valence-corrected chi connectivity index (χ3v) is 9.96. The second-order valence-corrected chi connectivity index (χ2v) is 11.5. The van der Waals surface area contributed by atoms with Crippen LogP contribution in [0.3, 0.4) is 0 Å². The van der Waals surface area contributed by atoms with Gasteiger partial charge in [0.2, 0.25) is 0 Å². The van der Waals surface area contributed by atoms with Gasteiger partial charge in [0.25, 0.3) is 0 Å². The van der Waals surface area contributed by atoms with E-state index in [2.05, 4.69) is 41.5 Å². The highest BCUT2D eigenvalue weighted by atomic mass is 28.4. The number of aliphatic hydroxyl groups excluding tert-OH is 1. The Morgan fingerprint density at radius 1 is 1.00 bits per heavy atom. The zero-order valence-corrected chi connectivity index (χ0v) is 14.2. The number of allylic oxidation sites excluding steroid dienone is 1. The van der Waals surface area contributed by atoms with Gasteiger partial charge in [-0.25, -0.2) is 0 Å². The fraction of sp³-hybridized carbons (Fsp3) is 0.867. The van der Waals surface area contributed by atoms with Crippen LogP contribution in [-0.4, -0.2) is 26.1 Å². The molecule has 2 nitrogen and oxygen atoms in total. The number of hydrogen-bond donors (Lipinski definition) is 1. The predicted molar refractivity (Wildman–Crippen MR) is 82.4 cm³/mol. The SMILES string of the molecule is C/C=C\C[C@@H](O)CO[Si](C(C)C)(C(C)C)C(C)C. The molecule has 0 amide bonds. The van der Waals surface area contributed by atoms with Gasteiger partial charge in [-0.1, -0.05) is 53.7 Å². The van der Waals surface area contributed by atoms with Crippen LogP contribution in [0.15, 0.2) is 12.2 Å². The fourth-order valence-corrected chi connectivity index (χ4v) is 8.58. The number of hydrogen-bond acceptors (Lipinski definition) is 2. The van der Waals surface area contributed by atoms with E-state index in [0.29, 0.717) is 29.7 Å². The molecule has 0 rings (SSSR count). The Bertz CT molecular complexity index is 225. The Labute approximate surface area is 115 Å². The summed E-state index contributed by atoms with van der Waals surface area (Å²) in [5.41, 5.74) is 1.73. The Morgan fingerprint density at radius 2 is 1.44 bits per heavy atom. The lowest BCUT2D eigenvalue weighted by Gasteiger charge is -2.42. The third kappa shape index (κ3) is 4.52. The molecule has 1 atom stereocenters. The third-order valence-electron chi connectivity index (χ3n) is 3.88. The predicted octanol–water partition coefficient (Wildman–Crippen LogP) is 4.51. The van der Waals surface area contributed by atoms with E-state index in [0.717, 1.165) is 0 Å². The Hall–Kier alpha value is -0.123. The van der Waals surface area contributed by atoms with Gasteiger partial charge >= 0.3 is 0 Å². The van der Waals surface area contributed by atoms with Gasteiger partial charge in [-0.3, -0.25) is 0 Å². The largest absolute Gasteiger partial charge is 0.413 e. The van der Waals surface area contributed by atoms with Crippen molar-refractivity contribution in [2.45, 2.75) is 77.6 Å². The lowest BCUT2D eigenvalue weighted by Crippen LogP contribution is -2.49. The smallest absolute Gasteiger partial charge is 0.200 e. The summed E-state index contributed by atoms with van der Waals surface area (Å²) in [5.74, 6) is 0. The minimum absolute atomic E-state index is 0.371. The summed E-state index contributed by atoms with van der Waals surface area (Å²) in [6.07, 6.45) is 4.29. The molecule has 0 saturated heterocycles. The first-order valence-corrected chi connectivity index (χ1v) is 9.36. The molecule has 18 heavy (non-hydrogen) atoms. The zero-order chi connectivity index (χ0) is 14.3. The van der Waals surface area contributed by atoms with Gasteiger partial charge in [0, 0.05) is 0 Å². The fourth-order valence-electron chi connectivity index (χ4n) is 3.10. The van der Waals surface area contributed by atoms with Crippen LogP contribution in [0.4, 0.5) is 0 Å². The topological polar surface area (TPSA) is 29.5 Å². The average molecular weight is 273 g/mol. The Morgan fingerprint density at radius 3 is 1.78 bits per heavy atom. The van der Waals surface area contributed by atoms with Crippen molar-refractivity contribution < 1.29 is 9.53 Å². The maximum Gasteiger partial charge on any atom is 0.200 e. The van der Waals surface area contributed by atoms with Crippen LogP contribution in [0.2, 0.25) is 16.6 Å². The first-order chi connectivity index (χ1) is 8.28. The molecule has 0 saturated carbocycles. The maximum atomic E-state index is 9.93. The molecule has 3 heteroatoms. The molecule has 1 N–H and O–H groups in total. The second-order valence-electron chi connectivity index (χ2n) is 6.09. The molecule has 0 aliphatic heterocycles. The lowest BCUT2D eigenvalue weighted by atomic mass is 10.2. The van der Waals surface area contributed by atoms with Gasteiger partial charge in [-0.05, 0) is 30.0 Å². The van der Waals surface area contributed by atoms with Crippen LogP contribution < -0.4 is 0 Å². The maximum absolute atomic E-state index is 9.93. The zero-order valence-electron chi connectivity index (χ0n) is 13.2. The molecule has 108 valence electrons. The van der Waals surface area contributed by atoms with Crippen LogP contribution in [0.25, 0.3) is 0 Å².